The van der Waals surface area contributed by atoms with Gasteiger partial charge in [0.2, 0.25) is 0 Å². The van der Waals surface area contributed by atoms with Crippen molar-refractivity contribution >= 4 is 32.6 Å². The molecule has 5 nitrogen and oxygen atoms in total. The van der Waals surface area contributed by atoms with Crippen molar-refractivity contribution in [2.45, 2.75) is 20.3 Å². The molecule has 0 aliphatic rings. The lowest BCUT2D eigenvalue weighted by molar-refractivity contribution is 0.0986. The normalized spacial score (nSPS) is 11.2. The number of fused-ring (bicyclic) bond motifs is 1. The molecule has 1 amide bonds. The maximum absolute atomic E-state index is 13.3. The zero-order valence-electron chi connectivity index (χ0n) is 17.2. The minimum atomic E-state index is -0.0190. The smallest absolute Gasteiger partial charge is 0.260 e. The van der Waals surface area contributed by atoms with Gasteiger partial charge < -0.3 is 9.64 Å². The molecule has 2 aromatic carbocycles. The molecular formula is C22H27N3O2S. The fourth-order valence-corrected chi connectivity index (χ4v) is 4.14. The second kappa shape index (κ2) is 8.71. The Labute approximate surface area is 170 Å². The molecule has 0 atom stereocenters. The molecule has 1 heterocycles. The van der Waals surface area contributed by atoms with Crippen molar-refractivity contribution in [1.82, 2.24) is 9.88 Å². The van der Waals surface area contributed by atoms with E-state index in [2.05, 4.69) is 11.8 Å². The van der Waals surface area contributed by atoms with Crippen molar-refractivity contribution in [3.63, 3.8) is 0 Å². The molecule has 0 saturated carbocycles. The van der Waals surface area contributed by atoms with Gasteiger partial charge in [-0.2, -0.15) is 0 Å². The van der Waals surface area contributed by atoms with Gasteiger partial charge in [-0.1, -0.05) is 35.1 Å². The number of hydrogen-bond donors (Lipinski definition) is 0. The molecule has 3 rings (SSSR count). The molecule has 28 heavy (non-hydrogen) atoms. The van der Waals surface area contributed by atoms with Gasteiger partial charge in [-0.05, 0) is 64.7 Å². The Kier molecular flexibility index (Phi) is 6.31. The third kappa shape index (κ3) is 4.34. The molecule has 0 aliphatic heterocycles. The van der Waals surface area contributed by atoms with Crippen molar-refractivity contribution in [3.8, 4) is 5.75 Å². The van der Waals surface area contributed by atoms with E-state index in [1.165, 1.54) is 0 Å². The molecular weight excluding hydrogens is 370 g/mol. The third-order valence-electron chi connectivity index (χ3n) is 4.67. The number of aromatic nitrogens is 1. The van der Waals surface area contributed by atoms with Crippen molar-refractivity contribution in [2.24, 2.45) is 0 Å². The van der Waals surface area contributed by atoms with E-state index in [1.807, 2.05) is 57.4 Å². The van der Waals surface area contributed by atoms with Gasteiger partial charge in [-0.25, -0.2) is 4.98 Å². The number of carbonyl (C=O) groups excluding carboxylic acids is 1. The zero-order valence-corrected chi connectivity index (χ0v) is 18.0. The van der Waals surface area contributed by atoms with Crippen LogP contribution in [0.3, 0.4) is 0 Å². The van der Waals surface area contributed by atoms with Gasteiger partial charge in [0.05, 0.1) is 11.8 Å². The van der Waals surface area contributed by atoms with Crippen molar-refractivity contribution in [2.75, 3.05) is 39.2 Å². The first-order valence-corrected chi connectivity index (χ1v) is 10.2. The number of thiazole rings is 1. The number of amides is 1. The van der Waals surface area contributed by atoms with Crippen molar-refractivity contribution in [3.05, 3.63) is 53.1 Å². The summed E-state index contributed by atoms with van der Waals surface area (Å²) in [6.07, 6.45) is 0.872. The second-order valence-corrected chi connectivity index (χ2v) is 8.22. The standard InChI is InChI=1S/C22H27N3O2S/c1-15-7-10-17(11-8-15)21(26)25(14-6-13-24(3)4)22-23-19-18(27-5)12-9-16(2)20(19)28-22/h7-12H,6,13-14H2,1-5H3. The number of aryl methyl sites for hydroxylation is 2. The minimum absolute atomic E-state index is 0.0190. The minimum Gasteiger partial charge on any atom is -0.494 e. The van der Waals surface area contributed by atoms with E-state index in [0.29, 0.717) is 17.2 Å². The van der Waals surface area contributed by atoms with E-state index in [9.17, 15) is 4.79 Å². The summed E-state index contributed by atoms with van der Waals surface area (Å²) in [6.45, 7) is 5.60. The molecule has 0 unspecified atom stereocenters. The number of nitrogens with zero attached hydrogens (tertiary/aromatic N) is 3. The summed E-state index contributed by atoms with van der Waals surface area (Å²) in [4.78, 5) is 22.0. The van der Waals surface area contributed by atoms with Crippen LogP contribution in [0.25, 0.3) is 10.2 Å². The maximum Gasteiger partial charge on any atom is 0.260 e. The summed E-state index contributed by atoms with van der Waals surface area (Å²) >= 11 is 1.55. The van der Waals surface area contributed by atoms with Gasteiger partial charge in [0.25, 0.3) is 5.91 Å². The molecule has 0 N–H and O–H groups in total. The Morgan fingerprint density at radius 1 is 1.07 bits per heavy atom. The Morgan fingerprint density at radius 2 is 1.79 bits per heavy atom. The number of benzene rings is 2. The highest BCUT2D eigenvalue weighted by Crippen LogP contribution is 2.36. The monoisotopic (exact) mass is 397 g/mol. The highest BCUT2D eigenvalue weighted by Gasteiger charge is 2.22. The number of rotatable bonds is 7. The highest BCUT2D eigenvalue weighted by atomic mass is 32.1. The van der Waals surface area contributed by atoms with Gasteiger partial charge in [-0.3, -0.25) is 9.69 Å². The Bertz CT molecular complexity index is 964. The molecule has 1 aromatic heterocycles. The van der Waals surface area contributed by atoms with Crippen molar-refractivity contribution < 1.29 is 9.53 Å². The third-order valence-corrected chi connectivity index (χ3v) is 5.89. The number of ether oxygens (including phenoxy) is 1. The van der Waals surface area contributed by atoms with Crippen LogP contribution in [0.2, 0.25) is 0 Å². The molecule has 6 heteroatoms. The van der Waals surface area contributed by atoms with Crippen LogP contribution < -0.4 is 9.64 Å². The lowest BCUT2D eigenvalue weighted by atomic mass is 10.1. The summed E-state index contributed by atoms with van der Waals surface area (Å²) in [6, 6.07) is 11.7. The van der Waals surface area contributed by atoms with E-state index in [0.717, 1.165) is 40.1 Å². The zero-order chi connectivity index (χ0) is 20.3. The number of hydrogen-bond acceptors (Lipinski definition) is 5. The topological polar surface area (TPSA) is 45.7 Å². The van der Waals surface area contributed by atoms with Gasteiger partial charge in [-0.15, -0.1) is 0 Å². The fourth-order valence-electron chi connectivity index (χ4n) is 3.06. The highest BCUT2D eigenvalue weighted by molar-refractivity contribution is 7.22. The molecule has 0 fully saturated rings. The number of methoxy groups -OCH3 is 1. The quantitative estimate of drug-likeness (QED) is 0.588. The van der Waals surface area contributed by atoms with E-state index < -0.39 is 0 Å². The summed E-state index contributed by atoms with van der Waals surface area (Å²) in [5.74, 6) is 0.716. The molecule has 0 spiro atoms. The predicted octanol–water partition coefficient (Wildman–Crippen LogP) is 4.52. The van der Waals surface area contributed by atoms with Crippen LogP contribution in [0.1, 0.15) is 27.9 Å². The molecule has 0 saturated heterocycles. The molecule has 3 aromatic rings. The molecule has 0 radical (unpaired) electrons. The average molecular weight is 398 g/mol. The van der Waals surface area contributed by atoms with Crippen LogP contribution in [-0.4, -0.2) is 50.1 Å². The van der Waals surface area contributed by atoms with Crippen molar-refractivity contribution in [1.29, 1.82) is 0 Å². The number of carbonyl (C=O) groups is 1. The first-order valence-electron chi connectivity index (χ1n) is 9.38. The van der Waals surface area contributed by atoms with Crippen LogP contribution in [0.4, 0.5) is 5.13 Å². The lowest BCUT2D eigenvalue weighted by Gasteiger charge is -2.21. The van der Waals surface area contributed by atoms with E-state index in [-0.39, 0.29) is 5.91 Å². The summed E-state index contributed by atoms with van der Waals surface area (Å²) in [7, 11) is 5.73. The SMILES string of the molecule is COc1ccc(C)c2sc(N(CCCN(C)C)C(=O)c3ccc(C)cc3)nc12. The molecule has 0 aliphatic carbocycles. The fraction of sp³-hybridized carbons (Fsp3) is 0.364. The Hall–Kier alpha value is -2.44. The second-order valence-electron chi connectivity index (χ2n) is 7.24. The molecule has 0 bridgehead atoms. The van der Waals surface area contributed by atoms with Gasteiger partial charge >= 0.3 is 0 Å². The van der Waals surface area contributed by atoms with Crippen LogP contribution >= 0.6 is 11.3 Å². The van der Waals surface area contributed by atoms with E-state index in [4.69, 9.17) is 9.72 Å². The van der Waals surface area contributed by atoms with Gasteiger partial charge in [0, 0.05) is 12.1 Å². The Morgan fingerprint density at radius 3 is 2.43 bits per heavy atom. The van der Waals surface area contributed by atoms with Crippen LogP contribution in [0.5, 0.6) is 5.75 Å². The van der Waals surface area contributed by atoms with Crippen LogP contribution in [0.15, 0.2) is 36.4 Å². The first kappa shape index (κ1) is 20.3. The van der Waals surface area contributed by atoms with Gasteiger partial charge in [0.15, 0.2) is 5.13 Å². The Balaban J connectivity index is 2.00. The first-order chi connectivity index (χ1) is 13.4. The summed E-state index contributed by atoms with van der Waals surface area (Å²) < 4.78 is 6.54. The maximum atomic E-state index is 13.3. The van der Waals surface area contributed by atoms with Crippen LogP contribution in [-0.2, 0) is 0 Å². The number of anilines is 1. The summed E-state index contributed by atoms with van der Waals surface area (Å²) in [5, 5.41) is 0.715. The average Bonchev–Trinajstić information content (AvgIpc) is 3.11. The van der Waals surface area contributed by atoms with E-state index in [1.54, 1.807) is 23.3 Å². The van der Waals surface area contributed by atoms with Crippen LogP contribution in [0, 0.1) is 13.8 Å². The van der Waals surface area contributed by atoms with E-state index >= 15 is 0 Å². The summed E-state index contributed by atoms with van der Waals surface area (Å²) in [5.41, 5.74) is 3.77. The molecule has 148 valence electrons. The predicted molar refractivity (Wildman–Crippen MR) is 117 cm³/mol. The lowest BCUT2D eigenvalue weighted by Crippen LogP contribution is -2.33. The largest absolute Gasteiger partial charge is 0.494 e. The van der Waals surface area contributed by atoms with Gasteiger partial charge in [0.1, 0.15) is 11.3 Å².